The van der Waals surface area contributed by atoms with Gasteiger partial charge < -0.3 is 9.73 Å². The predicted molar refractivity (Wildman–Crippen MR) is 83.0 cm³/mol. The largest absolute Gasteiger partial charge is 0.423 e. The average Bonchev–Trinajstić information content (AvgIpc) is 2.47. The Morgan fingerprint density at radius 3 is 2.86 bits per heavy atom. The minimum Gasteiger partial charge on any atom is -0.423 e. The van der Waals surface area contributed by atoms with Crippen molar-refractivity contribution >= 4 is 22.6 Å². The van der Waals surface area contributed by atoms with E-state index in [2.05, 4.69) is 11.2 Å². The Bertz CT molecular complexity index is 725. The van der Waals surface area contributed by atoms with Gasteiger partial charge in [0.2, 0.25) is 5.91 Å². The summed E-state index contributed by atoms with van der Waals surface area (Å²) in [5.41, 5.74) is 0.825. The molecule has 1 aromatic heterocycles. The summed E-state index contributed by atoms with van der Waals surface area (Å²) in [6.45, 7) is 0. The van der Waals surface area contributed by atoms with Gasteiger partial charge in [-0.05, 0) is 37.1 Å². The van der Waals surface area contributed by atoms with Gasteiger partial charge in [0.15, 0.2) is 0 Å². The van der Waals surface area contributed by atoms with Crippen LogP contribution in [0.3, 0.4) is 0 Å². The Labute approximate surface area is 123 Å². The van der Waals surface area contributed by atoms with E-state index in [1.54, 1.807) is 24.3 Å². The number of carbonyl (C=O) groups is 1. The zero-order valence-electron chi connectivity index (χ0n) is 11.7. The summed E-state index contributed by atoms with van der Waals surface area (Å²) in [6, 6.07) is 8.23. The number of rotatable bonds is 6. The molecule has 0 saturated heterocycles. The first kappa shape index (κ1) is 14.9. The van der Waals surface area contributed by atoms with Gasteiger partial charge in [-0.25, -0.2) is 4.79 Å². The molecule has 0 aliphatic carbocycles. The topological polar surface area (TPSA) is 59.3 Å². The second-order valence-corrected chi connectivity index (χ2v) is 4.82. The van der Waals surface area contributed by atoms with Crippen LogP contribution in [0, 0.1) is 12.3 Å². The van der Waals surface area contributed by atoms with Crippen molar-refractivity contribution in [1.82, 2.24) is 0 Å². The number of hydrogen-bond acceptors (Lipinski definition) is 3. The lowest BCUT2D eigenvalue weighted by Gasteiger charge is -2.06. The number of hydrogen-bond donors (Lipinski definition) is 1. The van der Waals surface area contributed by atoms with E-state index in [4.69, 9.17) is 10.8 Å². The summed E-state index contributed by atoms with van der Waals surface area (Å²) < 4.78 is 5.04. The maximum atomic E-state index is 11.8. The van der Waals surface area contributed by atoms with Crippen LogP contribution in [0.15, 0.2) is 39.5 Å². The van der Waals surface area contributed by atoms with E-state index in [1.165, 1.54) is 6.07 Å². The molecule has 0 radical (unpaired) electrons. The molecule has 21 heavy (non-hydrogen) atoms. The van der Waals surface area contributed by atoms with Gasteiger partial charge in [0, 0.05) is 30.0 Å². The fourth-order valence-corrected chi connectivity index (χ4v) is 2.06. The van der Waals surface area contributed by atoms with Crippen LogP contribution < -0.4 is 10.9 Å². The molecule has 2 rings (SSSR count). The summed E-state index contributed by atoms with van der Waals surface area (Å²) in [5.74, 6) is 2.56. The van der Waals surface area contributed by atoms with E-state index in [0.29, 0.717) is 17.7 Å². The minimum atomic E-state index is -0.383. The highest BCUT2D eigenvalue weighted by molar-refractivity contribution is 5.93. The molecule has 4 nitrogen and oxygen atoms in total. The molecule has 1 amide bonds. The van der Waals surface area contributed by atoms with E-state index in [0.717, 1.165) is 31.1 Å². The average molecular weight is 283 g/mol. The van der Waals surface area contributed by atoms with Gasteiger partial charge in [-0.2, -0.15) is 0 Å². The van der Waals surface area contributed by atoms with Crippen LogP contribution in [0.4, 0.5) is 5.69 Å². The first-order chi connectivity index (χ1) is 10.2. The molecule has 2 aromatic rings. The third-order valence-corrected chi connectivity index (χ3v) is 3.13. The first-order valence-corrected chi connectivity index (χ1v) is 6.96. The standard InChI is InChI=1S/C17H17NO3/c1-2-3-4-5-6-7-16(19)18-14-9-10-15-13(12-14)8-11-17(20)21-15/h1,8-12H,3-7H2,(H,18,19). The van der Waals surface area contributed by atoms with Gasteiger partial charge in [-0.3, -0.25) is 4.79 Å². The van der Waals surface area contributed by atoms with Gasteiger partial charge in [0.05, 0.1) is 0 Å². The predicted octanol–water partition coefficient (Wildman–Crippen LogP) is 3.32. The van der Waals surface area contributed by atoms with Crippen molar-refractivity contribution in [3.8, 4) is 12.3 Å². The van der Waals surface area contributed by atoms with Gasteiger partial charge in [-0.15, -0.1) is 12.3 Å². The Balaban J connectivity index is 1.90. The molecule has 0 bridgehead atoms. The number of terminal acetylenes is 1. The van der Waals surface area contributed by atoms with Crippen molar-refractivity contribution in [3.05, 3.63) is 40.8 Å². The summed E-state index contributed by atoms with van der Waals surface area (Å²) in [6.07, 6.45) is 9.16. The quantitative estimate of drug-likeness (QED) is 0.502. The normalized spacial score (nSPS) is 10.2. The third-order valence-electron chi connectivity index (χ3n) is 3.13. The van der Waals surface area contributed by atoms with Crippen LogP contribution in [0.5, 0.6) is 0 Å². The molecule has 1 heterocycles. The molecular formula is C17H17NO3. The Hall–Kier alpha value is -2.54. The van der Waals surface area contributed by atoms with E-state index >= 15 is 0 Å². The molecular weight excluding hydrogens is 266 g/mol. The molecule has 1 aromatic carbocycles. The zero-order chi connectivity index (χ0) is 15.1. The number of nitrogens with one attached hydrogen (secondary N) is 1. The first-order valence-electron chi connectivity index (χ1n) is 6.96. The number of amides is 1. The lowest BCUT2D eigenvalue weighted by atomic mass is 10.1. The van der Waals surface area contributed by atoms with E-state index in [1.807, 2.05) is 0 Å². The van der Waals surface area contributed by atoms with Crippen LogP contribution in [-0.2, 0) is 4.79 Å². The summed E-state index contributed by atoms with van der Waals surface area (Å²) in [5, 5.41) is 3.62. The number of fused-ring (bicyclic) bond motifs is 1. The van der Waals surface area contributed by atoms with Crippen molar-refractivity contribution in [3.63, 3.8) is 0 Å². The van der Waals surface area contributed by atoms with Gasteiger partial charge in [-0.1, -0.05) is 6.42 Å². The fourth-order valence-electron chi connectivity index (χ4n) is 2.06. The molecule has 0 saturated carbocycles. The molecule has 0 aliphatic heterocycles. The minimum absolute atomic E-state index is 0.0209. The number of carbonyl (C=O) groups excluding carboxylic acids is 1. The highest BCUT2D eigenvalue weighted by Crippen LogP contribution is 2.18. The van der Waals surface area contributed by atoms with Crippen LogP contribution in [-0.4, -0.2) is 5.91 Å². The lowest BCUT2D eigenvalue weighted by Crippen LogP contribution is -2.11. The van der Waals surface area contributed by atoms with E-state index in [9.17, 15) is 9.59 Å². The second-order valence-electron chi connectivity index (χ2n) is 4.82. The monoisotopic (exact) mass is 283 g/mol. The fraction of sp³-hybridized carbons (Fsp3) is 0.294. The SMILES string of the molecule is C#CCCCCCC(=O)Nc1ccc2oc(=O)ccc2c1. The Kier molecular flexibility index (Phi) is 5.16. The molecule has 108 valence electrons. The number of anilines is 1. The van der Waals surface area contributed by atoms with Gasteiger partial charge in [0.1, 0.15) is 5.58 Å². The maximum absolute atomic E-state index is 11.8. The van der Waals surface area contributed by atoms with Gasteiger partial charge in [0.25, 0.3) is 0 Å². The van der Waals surface area contributed by atoms with E-state index < -0.39 is 0 Å². The molecule has 0 spiro atoms. The third kappa shape index (κ3) is 4.50. The molecule has 0 aliphatic rings. The maximum Gasteiger partial charge on any atom is 0.336 e. The highest BCUT2D eigenvalue weighted by atomic mass is 16.4. The smallest absolute Gasteiger partial charge is 0.336 e. The molecule has 0 unspecified atom stereocenters. The summed E-state index contributed by atoms with van der Waals surface area (Å²) in [4.78, 5) is 22.9. The molecule has 0 fully saturated rings. The van der Waals surface area contributed by atoms with Crippen LogP contribution >= 0.6 is 0 Å². The van der Waals surface area contributed by atoms with Gasteiger partial charge >= 0.3 is 5.63 Å². The van der Waals surface area contributed by atoms with Crippen molar-refractivity contribution < 1.29 is 9.21 Å². The van der Waals surface area contributed by atoms with Crippen molar-refractivity contribution in [2.45, 2.75) is 32.1 Å². The summed E-state index contributed by atoms with van der Waals surface area (Å²) in [7, 11) is 0. The highest BCUT2D eigenvalue weighted by Gasteiger charge is 2.04. The second kappa shape index (κ2) is 7.30. The van der Waals surface area contributed by atoms with Crippen LogP contribution in [0.1, 0.15) is 32.1 Å². The Morgan fingerprint density at radius 2 is 2.05 bits per heavy atom. The molecule has 4 heteroatoms. The summed E-state index contributed by atoms with van der Waals surface area (Å²) >= 11 is 0. The lowest BCUT2D eigenvalue weighted by molar-refractivity contribution is -0.116. The van der Waals surface area contributed by atoms with E-state index in [-0.39, 0.29) is 11.5 Å². The number of unbranched alkanes of at least 4 members (excludes halogenated alkanes) is 3. The van der Waals surface area contributed by atoms with Crippen LogP contribution in [0.25, 0.3) is 11.0 Å². The van der Waals surface area contributed by atoms with Crippen molar-refractivity contribution in [2.75, 3.05) is 5.32 Å². The Morgan fingerprint density at radius 1 is 1.19 bits per heavy atom. The molecule has 1 N–H and O–H groups in total. The number of benzene rings is 1. The molecule has 0 atom stereocenters. The zero-order valence-corrected chi connectivity index (χ0v) is 11.7. The van der Waals surface area contributed by atoms with Crippen molar-refractivity contribution in [2.24, 2.45) is 0 Å². The van der Waals surface area contributed by atoms with Crippen LogP contribution in [0.2, 0.25) is 0 Å². The van der Waals surface area contributed by atoms with Crippen molar-refractivity contribution in [1.29, 1.82) is 0 Å².